The van der Waals surface area contributed by atoms with Gasteiger partial charge in [-0.3, -0.25) is 0 Å². The largest absolute Gasteiger partial charge is 0.241 e. The molecule has 0 unspecified atom stereocenters. The normalized spacial score (nSPS) is 11.7. The highest BCUT2D eigenvalue weighted by molar-refractivity contribution is 7.89. The quantitative estimate of drug-likeness (QED) is 0.893. The van der Waals surface area contributed by atoms with Crippen LogP contribution in [0.4, 0.5) is 4.39 Å². The highest BCUT2D eigenvalue weighted by Gasteiger charge is 2.22. The summed E-state index contributed by atoms with van der Waals surface area (Å²) in [7, 11) is -3.69. The van der Waals surface area contributed by atoms with Crippen molar-refractivity contribution in [1.29, 1.82) is 0 Å². The van der Waals surface area contributed by atoms with Crippen LogP contribution >= 0.6 is 11.6 Å². The predicted octanol–water partition coefficient (Wildman–Crippen LogP) is 4.19. The van der Waals surface area contributed by atoms with E-state index in [2.05, 4.69) is 4.72 Å². The number of hydrogen-bond donors (Lipinski definition) is 1. The molecule has 0 aliphatic rings. The lowest BCUT2D eigenvalue weighted by Gasteiger charge is -2.16. The molecule has 0 aliphatic heterocycles. The zero-order valence-corrected chi connectivity index (χ0v) is 15.1. The minimum Gasteiger partial charge on any atom is -0.207 e. The first kappa shape index (κ1) is 17.9. The molecule has 0 aromatic heterocycles. The van der Waals surface area contributed by atoms with E-state index in [4.69, 9.17) is 11.6 Å². The maximum absolute atomic E-state index is 13.1. The van der Waals surface area contributed by atoms with Gasteiger partial charge in [0.05, 0.1) is 4.90 Å². The van der Waals surface area contributed by atoms with Gasteiger partial charge in [0, 0.05) is 11.6 Å². The summed E-state index contributed by atoms with van der Waals surface area (Å²) in [6.07, 6.45) is 0. The van der Waals surface area contributed by atoms with E-state index in [1.165, 1.54) is 18.2 Å². The second kappa shape index (κ2) is 6.59. The molecule has 0 saturated carbocycles. The molecule has 0 radical (unpaired) electrons. The average molecular weight is 356 g/mol. The van der Waals surface area contributed by atoms with Gasteiger partial charge in [-0.1, -0.05) is 23.7 Å². The summed E-state index contributed by atoms with van der Waals surface area (Å²) >= 11 is 5.94. The lowest BCUT2D eigenvalue weighted by atomic mass is 10.0. The first-order valence-corrected chi connectivity index (χ1v) is 9.00. The van der Waals surface area contributed by atoms with Crippen LogP contribution in [0.2, 0.25) is 5.02 Å². The van der Waals surface area contributed by atoms with E-state index in [0.29, 0.717) is 10.5 Å². The Bertz CT molecular complexity index is 837. The topological polar surface area (TPSA) is 46.2 Å². The molecular formula is C17H19ClFNO2S. The summed E-state index contributed by atoms with van der Waals surface area (Å²) in [5.41, 5.74) is 3.83. The molecule has 6 heteroatoms. The van der Waals surface area contributed by atoms with Crippen molar-refractivity contribution in [1.82, 2.24) is 4.72 Å². The van der Waals surface area contributed by atoms with Crippen LogP contribution < -0.4 is 4.72 Å². The Hall–Kier alpha value is -1.43. The molecule has 0 amide bonds. The Morgan fingerprint density at radius 3 is 2.13 bits per heavy atom. The van der Waals surface area contributed by atoms with Crippen LogP contribution in [0.25, 0.3) is 0 Å². The standard InChI is InChI=1S/C17H19ClFNO2S/c1-10-7-11(2)13(4)17(12(10)3)23(21,22)20-9-14-5-6-15(19)8-16(14)18/h5-8,20H,9H2,1-4H3. The molecule has 2 aromatic carbocycles. The summed E-state index contributed by atoms with van der Waals surface area (Å²) < 4.78 is 41.0. The highest BCUT2D eigenvalue weighted by atomic mass is 35.5. The van der Waals surface area contributed by atoms with Crippen molar-refractivity contribution in [3.8, 4) is 0 Å². The minimum atomic E-state index is -3.69. The maximum atomic E-state index is 13.1. The van der Waals surface area contributed by atoms with E-state index in [1.54, 1.807) is 13.8 Å². The molecular weight excluding hydrogens is 337 g/mol. The van der Waals surface area contributed by atoms with Crippen molar-refractivity contribution >= 4 is 21.6 Å². The van der Waals surface area contributed by atoms with Crippen molar-refractivity contribution in [3.63, 3.8) is 0 Å². The Morgan fingerprint density at radius 1 is 1.04 bits per heavy atom. The summed E-state index contributed by atoms with van der Waals surface area (Å²) in [5.74, 6) is -0.456. The van der Waals surface area contributed by atoms with Crippen molar-refractivity contribution in [3.05, 3.63) is 62.9 Å². The number of nitrogens with one attached hydrogen (secondary N) is 1. The van der Waals surface area contributed by atoms with Crippen LogP contribution in [-0.2, 0) is 16.6 Å². The lowest BCUT2D eigenvalue weighted by molar-refractivity contribution is 0.579. The number of rotatable bonds is 4. The summed E-state index contributed by atoms with van der Waals surface area (Å²) in [4.78, 5) is 0.299. The summed E-state index contributed by atoms with van der Waals surface area (Å²) in [5, 5.41) is 0.196. The van der Waals surface area contributed by atoms with Gasteiger partial charge in [-0.05, 0) is 67.6 Å². The van der Waals surface area contributed by atoms with Gasteiger partial charge in [-0.25, -0.2) is 17.5 Å². The Kier molecular flexibility index (Phi) is 5.14. The maximum Gasteiger partial charge on any atom is 0.241 e. The number of sulfonamides is 1. The molecule has 0 bridgehead atoms. The average Bonchev–Trinajstić information content (AvgIpc) is 2.44. The fourth-order valence-corrected chi connectivity index (χ4v) is 4.35. The molecule has 3 nitrogen and oxygen atoms in total. The zero-order valence-electron chi connectivity index (χ0n) is 13.5. The molecule has 0 spiro atoms. The number of benzene rings is 2. The van der Waals surface area contributed by atoms with Crippen molar-refractivity contribution in [2.45, 2.75) is 39.1 Å². The van der Waals surface area contributed by atoms with Crippen molar-refractivity contribution < 1.29 is 12.8 Å². The second-order valence-corrected chi connectivity index (χ2v) is 7.76. The third kappa shape index (κ3) is 3.74. The Morgan fingerprint density at radius 2 is 1.61 bits per heavy atom. The van der Waals surface area contributed by atoms with Crippen LogP contribution in [-0.4, -0.2) is 8.42 Å². The molecule has 0 aliphatic carbocycles. The second-order valence-electron chi connectivity index (χ2n) is 5.65. The van der Waals surface area contributed by atoms with E-state index in [0.717, 1.165) is 22.3 Å². The third-order valence-corrected chi connectivity index (χ3v) is 6.06. The first-order chi connectivity index (χ1) is 10.6. The van der Waals surface area contributed by atoms with Gasteiger partial charge in [0.2, 0.25) is 10.0 Å². The fourth-order valence-electron chi connectivity index (χ4n) is 2.49. The predicted molar refractivity (Wildman–Crippen MR) is 90.8 cm³/mol. The molecule has 2 rings (SSSR count). The van der Waals surface area contributed by atoms with Gasteiger partial charge >= 0.3 is 0 Å². The molecule has 0 heterocycles. The van der Waals surface area contributed by atoms with E-state index in [9.17, 15) is 12.8 Å². The third-order valence-electron chi connectivity index (χ3n) is 4.03. The summed E-state index contributed by atoms with van der Waals surface area (Å²) in [6, 6.07) is 5.86. The molecule has 0 atom stereocenters. The van der Waals surface area contributed by atoms with Crippen molar-refractivity contribution in [2.75, 3.05) is 0 Å². The van der Waals surface area contributed by atoms with Crippen LogP contribution in [0.3, 0.4) is 0 Å². The Balaban J connectivity index is 2.37. The van der Waals surface area contributed by atoms with Gasteiger partial charge in [0.25, 0.3) is 0 Å². The molecule has 124 valence electrons. The van der Waals surface area contributed by atoms with Gasteiger partial charge in [0.15, 0.2) is 0 Å². The molecule has 0 saturated heterocycles. The van der Waals surface area contributed by atoms with Crippen LogP contribution in [0.1, 0.15) is 27.8 Å². The fraction of sp³-hybridized carbons (Fsp3) is 0.294. The van der Waals surface area contributed by atoms with Gasteiger partial charge in [0.1, 0.15) is 5.82 Å². The molecule has 2 aromatic rings. The van der Waals surface area contributed by atoms with E-state index >= 15 is 0 Å². The molecule has 0 fully saturated rings. The SMILES string of the molecule is Cc1cc(C)c(C)c(S(=O)(=O)NCc2ccc(F)cc2Cl)c1C. The monoisotopic (exact) mass is 355 g/mol. The first-order valence-electron chi connectivity index (χ1n) is 7.14. The van der Waals surface area contributed by atoms with Gasteiger partial charge in [-0.2, -0.15) is 0 Å². The Labute approximate surface area is 141 Å². The lowest BCUT2D eigenvalue weighted by Crippen LogP contribution is -2.25. The van der Waals surface area contributed by atoms with E-state index < -0.39 is 15.8 Å². The van der Waals surface area contributed by atoms with Gasteiger partial charge in [-0.15, -0.1) is 0 Å². The highest BCUT2D eigenvalue weighted by Crippen LogP contribution is 2.26. The zero-order chi connectivity index (χ0) is 17.4. The molecule has 23 heavy (non-hydrogen) atoms. The van der Waals surface area contributed by atoms with Crippen LogP contribution in [0.15, 0.2) is 29.2 Å². The van der Waals surface area contributed by atoms with E-state index in [-0.39, 0.29) is 11.6 Å². The molecule has 1 N–H and O–H groups in total. The number of hydrogen-bond acceptors (Lipinski definition) is 2. The van der Waals surface area contributed by atoms with Crippen molar-refractivity contribution in [2.24, 2.45) is 0 Å². The number of halogens is 2. The minimum absolute atomic E-state index is 0.00726. The van der Waals surface area contributed by atoms with Crippen LogP contribution in [0.5, 0.6) is 0 Å². The van der Waals surface area contributed by atoms with E-state index in [1.807, 2.05) is 19.9 Å². The number of aryl methyl sites for hydroxylation is 2. The van der Waals surface area contributed by atoms with Gasteiger partial charge < -0.3 is 0 Å². The smallest absolute Gasteiger partial charge is 0.207 e. The van der Waals surface area contributed by atoms with Crippen LogP contribution in [0, 0.1) is 33.5 Å². The summed E-state index contributed by atoms with van der Waals surface area (Å²) in [6.45, 7) is 7.37.